The van der Waals surface area contributed by atoms with Gasteiger partial charge in [-0.2, -0.15) is 0 Å². The zero-order valence-corrected chi connectivity index (χ0v) is 9.03. The molecule has 1 rings (SSSR count). The predicted octanol–water partition coefficient (Wildman–Crippen LogP) is 1.94. The molecule has 0 spiro atoms. The summed E-state index contributed by atoms with van der Waals surface area (Å²) in [5.74, 6) is -0.276. The number of methoxy groups -OCH3 is 1. The first-order chi connectivity index (χ1) is 6.74. The van der Waals surface area contributed by atoms with Gasteiger partial charge in [0, 0.05) is 24.9 Å². The number of carbonyl (C=O) groups excluding carboxylic acids is 1. The fraction of sp³-hybridized carbons (Fsp3) is 0.727. The molecule has 0 amide bonds. The zero-order chi connectivity index (χ0) is 10.4. The van der Waals surface area contributed by atoms with Gasteiger partial charge in [-0.3, -0.25) is 0 Å². The molecule has 1 aliphatic heterocycles. The first-order valence-corrected chi connectivity index (χ1v) is 5.26. The summed E-state index contributed by atoms with van der Waals surface area (Å²) >= 11 is 0. The first kappa shape index (κ1) is 11.1. The third-order valence-electron chi connectivity index (χ3n) is 2.71. The van der Waals surface area contributed by atoms with E-state index in [0.29, 0.717) is 6.04 Å². The smallest absolute Gasteiger partial charge is 0.331 e. The van der Waals surface area contributed by atoms with Gasteiger partial charge in [-0.25, -0.2) is 4.79 Å². The minimum atomic E-state index is -0.276. The van der Waals surface area contributed by atoms with E-state index in [9.17, 15) is 4.79 Å². The standard InChI is InChI=1S/C11H19NO2/c1-10-6-4-3-5-8-12(10)9-7-11(13)14-2/h7,9-10H,3-6,8H2,1-2H3. The van der Waals surface area contributed by atoms with Gasteiger partial charge in [-0.05, 0) is 19.8 Å². The Balaban J connectivity index is 2.47. The van der Waals surface area contributed by atoms with E-state index in [1.807, 2.05) is 6.20 Å². The molecule has 80 valence electrons. The third-order valence-corrected chi connectivity index (χ3v) is 2.71. The van der Waals surface area contributed by atoms with Crippen LogP contribution in [-0.2, 0) is 9.53 Å². The van der Waals surface area contributed by atoms with E-state index in [0.717, 1.165) is 6.54 Å². The van der Waals surface area contributed by atoms with Crippen LogP contribution in [0.5, 0.6) is 0 Å². The molecule has 0 N–H and O–H groups in total. The van der Waals surface area contributed by atoms with Crippen molar-refractivity contribution in [1.82, 2.24) is 4.90 Å². The summed E-state index contributed by atoms with van der Waals surface area (Å²) < 4.78 is 4.56. The van der Waals surface area contributed by atoms with Gasteiger partial charge >= 0.3 is 5.97 Å². The number of esters is 1. The minimum Gasteiger partial charge on any atom is -0.466 e. The van der Waals surface area contributed by atoms with Crippen LogP contribution in [0.25, 0.3) is 0 Å². The largest absolute Gasteiger partial charge is 0.466 e. The monoisotopic (exact) mass is 197 g/mol. The molecule has 0 bridgehead atoms. The number of hydrogen-bond donors (Lipinski definition) is 0. The Labute approximate surface area is 85.7 Å². The number of hydrogen-bond acceptors (Lipinski definition) is 3. The van der Waals surface area contributed by atoms with Crippen LogP contribution in [0.4, 0.5) is 0 Å². The SMILES string of the molecule is COC(=O)C=CN1CCCCCC1C. The maximum absolute atomic E-state index is 10.9. The van der Waals surface area contributed by atoms with Crippen molar-refractivity contribution in [3.8, 4) is 0 Å². The Bertz CT molecular complexity index is 213. The Morgan fingerprint density at radius 1 is 1.43 bits per heavy atom. The second kappa shape index (κ2) is 5.68. The number of likely N-dealkylation sites (tertiary alicyclic amines) is 1. The molecule has 1 heterocycles. The molecule has 0 aromatic heterocycles. The lowest BCUT2D eigenvalue weighted by Gasteiger charge is -2.24. The first-order valence-electron chi connectivity index (χ1n) is 5.26. The number of ether oxygens (including phenoxy) is 1. The Hall–Kier alpha value is -0.990. The van der Waals surface area contributed by atoms with Crippen molar-refractivity contribution in [3.63, 3.8) is 0 Å². The molecule has 1 saturated heterocycles. The van der Waals surface area contributed by atoms with E-state index < -0.39 is 0 Å². The van der Waals surface area contributed by atoms with Crippen LogP contribution in [0.15, 0.2) is 12.3 Å². The van der Waals surface area contributed by atoms with Crippen molar-refractivity contribution < 1.29 is 9.53 Å². The van der Waals surface area contributed by atoms with Gasteiger partial charge in [0.1, 0.15) is 0 Å². The Kier molecular flexibility index (Phi) is 4.50. The minimum absolute atomic E-state index is 0.276. The molecule has 3 heteroatoms. The summed E-state index contributed by atoms with van der Waals surface area (Å²) in [6, 6.07) is 0.540. The van der Waals surface area contributed by atoms with Crippen LogP contribution in [0.2, 0.25) is 0 Å². The zero-order valence-electron chi connectivity index (χ0n) is 9.03. The van der Waals surface area contributed by atoms with E-state index in [2.05, 4.69) is 16.6 Å². The summed E-state index contributed by atoms with van der Waals surface area (Å²) in [6.45, 7) is 3.25. The Morgan fingerprint density at radius 2 is 2.21 bits per heavy atom. The van der Waals surface area contributed by atoms with Gasteiger partial charge in [0.2, 0.25) is 0 Å². The second-order valence-electron chi connectivity index (χ2n) is 3.78. The molecule has 0 aliphatic carbocycles. The molecule has 0 saturated carbocycles. The van der Waals surface area contributed by atoms with Crippen molar-refractivity contribution in [1.29, 1.82) is 0 Å². The van der Waals surface area contributed by atoms with Crippen LogP contribution >= 0.6 is 0 Å². The third kappa shape index (κ3) is 3.40. The average Bonchev–Trinajstić information content (AvgIpc) is 2.39. The molecular formula is C11H19NO2. The summed E-state index contributed by atoms with van der Waals surface area (Å²) in [7, 11) is 1.40. The lowest BCUT2D eigenvalue weighted by molar-refractivity contribution is -0.134. The summed E-state index contributed by atoms with van der Waals surface area (Å²) in [5.41, 5.74) is 0. The highest BCUT2D eigenvalue weighted by atomic mass is 16.5. The highest BCUT2D eigenvalue weighted by Gasteiger charge is 2.13. The quantitative estimate of drug-likeness (QED) is 0.500. The molecular weight excluding hydrogens is 178 g/mol. The van der Waals surface area contributed by atoms with Gasteiger partial charge in [0.25, 0.3) is 0 Å². The highest BCUT2D eigenvalue weighted by Crippen LogP contribution is 2.16. The molecule has 3 nitrogen and oxygen atoms in total. The normalized spacial score (nSPS) is 23.6. The van der Waals surface area contributed by atoms with Gasteiger partial charge in [-0.1, -0.05) is 12.8 Å². The van der Waals surface area contributed by atoms with Crippen LogP contribution in [0.3, 0.4) is 0 Å². The van der Waals surface area contributed by atoms with Crippen molar-refractivity contribution in [2.24, 2.45) is 0 Å². The van der Waals surface area contributed by atoms with Crippen LogP contribution in [-0.4, -0.2) is 30.6 Å². The van der Waals surface area contributed by atoms with E-state index in [4.69, 9.17) is 0 Å². The summed E-state index contributed by atoms with van der Waals surface area (Å²) in [4.78, 5) is 13.1. The maximum Gasteiger partial charge on any atom is 0.331 e. The summed E-state index contributed by atoms with van der Waals surface area (Å²) in [6.07, 6.45) is 8.39. The van der Waals surface area contributed by atoms with E-state index in [1.54, 1.807) is 0 Å². The van der Waals surface area contributed by atoms with Crippen molar-refractivity contribution in [2.45, 2.75) is 38.6 Å². The van der Waals surface area contributed by atoms with Gasteiger partial charge < -0.3 is 9.64 Å². The Morgan fingerprint density at radius 3 is 2.93 bits per heavy atom. The van der Waals surface area contributed by atoms with Gasteiger partial charge in [0.15, 0.2) is 0 Å². The fourth-order valence-corrected chi connectivity index (χ4v) is 1.74. The highest BCUT2D eigenvalue weighted by molar-refractivity contribution is 5.81. The van der Waals surface area contributed by atoms with Crippen LogP contribution < -0.4 is 0 Å². The van der Waals surface area contributed by atoms with Crippen molar-refractivity contribution in [3.05, 3.63) is 12.3 Å². The fourth-order valence-electron chi connectivity index (χ4n) is 1.74. The molecule has 1 unspecified atom stereocenters. The molecule has 14 heavy (non-hydrogen) atoms. The lowest BCUT2D eigenvalue weighted by Crippen LogP contribution is -2.27. The van der Waals surface area contributed by atoms with Gasteiger partial charge in [-0.15, -0.1) is 0 Å². The van der Waals surface area contributed by atoms with E-state index in [1.165, 1.54) is 38.9 Å². The van der Waals surface area contributed by atoms with Gasteiger partial charge in [0.05, 0.1) is 7.11 Å². The van der Waals surface area contributed by atoms with Crippen LogP contribution in [0, 0.1) is 0 Å². The van der Waals surface area contributed by atoms with Crippen molar-refractivity contribution in [2.75, 3.05) is 13.7 Å². The predicted molar refractivity (Wildman–Crippen MR) is 55.8 cm³/mol. The number of rotatable bonds is 2. The van der Waals surface area contributed by atoms with E-state index in [-0.39, 0.29) is 5.97 Å². The molecule has 0 aromatic carbocycles. The molecule has 0 aromatic rings. The number of nitrogens with zero attached hydrogens (tertiary/aromatic N) is 1. The van der Waals surface area contributed by atoms with E-state index >= 15 is 0 Å². The van der Waals surface area contributed by atoms with Crippen LogP contribution in [0.1, 0.15) is 32.6 Å². The average molecular weight is 197 g/mol. The van der Waals surface area contributed by atoms with Crippen molar-refractivity contribution >= 4 is 5.97 Å². The molecule has 1 fully saturated rings. The molecule has 0 radical (unpaired) electrons. The lowest BCUT2D eigenvalue weighted by atomic mass is 10.1. The number of carbonyl (C=O) groups is 1. The molecule has 1 aliphatic rings. The maximum atomic E-state index is 10.9. The second-order valence-corrected chi connectivity index (χ2v) is 3.78. The topological polar surface area (TPSA) is 29.5 Å². The summed E-state index contributed by atoms with van der Waals surface area (Å²) in [5, 5.41) is 0. The molecule has 1 atom stereocenters.